The Labute approximate surface area is 141 Å². The third-order valence-electron chi connectivity index (χ3n) is 4.71. The Morgan fingerprint density at radius 3 is 2.92 bits per heavy atom. The first-order chi connectivity index (χ1) is 11.5. The molecular formula is C16H25FN4O3. The Morgan fingerprint density at radius 1 is 1.42 bits per heavy atom. The summed E-state index contributed by atoms with van der Waals surface area (Å²) in [5.41, 5.74) is 0. The van der Waals surface area contributed by atoms with Crippen LogP contribution in [0, 0.1) is 6.92 Å². The zero-order valence-electron chi connectivity index (χ0n) is 14.3. The molecule has 3 heterocycles. The number of aromatic nitrogens is 2. The van der Waals surface area contributed by atoms with Crippen LogP contribution in [0.2, 0.25) is 0 Å². The largest absolute Gasteiger partial charge is 0.408 e. The smallest absolute Gasteiger partial charge is 0.318 e. The zero-order valence-corrected chi connectivity index (χ0v) is 14.3. The highest BCUT2D eigenvalue weighted by molar-refractivity contribution is 5.76. The number of amides is 1. The number of rotatable bonds is 5. The molecule has 8 heteroatoms. The molecule has 2 aliphatic rings. The predicted octanol–water partition coefficient (Wildman–Crippen LogP) is 1.71. The summed E-state index contributed by atoms with van der Waals surface area (Å²) in [4.78, 5) is 15.8. The second-order valence-corrected chi connectivity index (χ2v) is 6.71. The average Bonchev–Trinajstić information content (AvgIpc) is 3.14. The van der Waals surface area contributed by atoms with Crippen molar-refractivity contribution >= 4 is 11.9 Å². The van der Waals surface area contributed by atoms with Crippen LogP contribution in [0.4, 0.5) is 10.4 Å². The quantitative estimate of drug-likeness (QED) is 0.813. The van der Waals surface area contributed by atoms with E-state index in [1.165, 1.54) is 0 Å². The fourth-order valence-corrected chi connectivity index (χ4v) is 3.41. The lowest BCUT2D eigenvalue weighted by atomic mass is 10.1. The summed E-state index contributed by atoms with van der Waals surface area (Å²) in [5, 5.41) is 7.78. The topological polar surface area (TPSA) is 71.7 Å². The molecule has 0 saturated carbocycles. The highest BCUT2D eigenvalue weighted by Gasteiger charge is 2.36. The summed E-state index contributed by atoms with van der Waals surface area (Å²) in [7, 11) is 1.76. The highest BCUT2D eigenvalue weighted by atomic mass is 19.1. The molecule has 0 bridgehead atoms. The van der Waals surface area contributed by atoms with Gasteiger partial charge in [0.2, 0.25) is 11.8 Å². The van der Waals surface area contributed by atoms with Gasteiger partial charge in [-0.25, -0.2) is 4.39 Å². The summed E-state index contributed by atoms with van der Waals surface area (Å²) >= 11 is 0. The van der Waals surface area contributed by atoms with E-state index in [4.69, 9.17) is 9.15 Å². The molecule has 1 aromatic rings. The van der Waals surface area contributed by atoms with Gasteiger partial charge in [-0.3, -0.25) is 4.79 Å². The van der Waals surface area contributed by atoms with Gasteiger partial charge in [-0.15, -0.1) is 5.10 Å². The number of anilines is 1. The number of carbonyl (C=O) groups is 1. The number of ether oxygens (including phenoxy) is 1. The van der Waals surface area contributed by atoms with Crippen LogP contribution < -0.4 is 4.90 Å². The Balaban J connectivity index is 1.57. The Kier molecular flexibility index (Phi) is 5.33. The number of nitrogens with zero attached hydrogens (tertiary/aromatic N) is 4. The van der Waals surface area contributed by atoms with Crippen molar-refractivity contribution in [1.29, 1.82) is 0 Å². The maximum absolute atomic E-state index is 13.9. The molecule has 0 aromatic carbocycles. The molecule has 1 unspecified atom stereocenters. The van der Waals surface area contributed by atoms with E-state index >= 15 is 0 Å². The van der Waals surface area contributed by atoms with Crippen LogP contribution in [0.5, 0.6) is 0 Å². The normalized spacial score (nSPS) is 27.5. The Hall–Kier alpha value is -1.70. The van der Waals surface area contributed by atoms with Gasteiger partial charge >= 0.3 is 6.01 Å². The van der Waals surface area contributed by atoms with Crippen molar-refractivity contribution in [1.82, 2.24) is 15.1 Å². The Morgan fingerprint density at radius 2 is 2.25 bits per heavy atom. The number of likely N-dealkylation sites (N-methyl/N-ethyl adjacent to an activating group) is 1. The van der Waals surface area contributed by atoms with E-state index in [0.717, 1.165) is 25.9 Å². The molecular weight excluding hydrogens is 315 g/mol. The lowest BCUT2D eigenvalue weighted by Crippen LogP contribution is -2.42. The van der Waals surface area contributed by atoms with Crippen molar-refractivity contribution in [2.75, 3.05) is 31.6 Å². The molecule has 3 rings (SSSR count). The van der Waals surface area contributed by atoms with Gasteiger partial charge in [0.05, 0.1) is 25.1 Å². The Bertz CT molecular complexity index is 561. The summed E-state index contributed by atoms with van der Waals surface area (Å²) in [6.07, 6.45) is 2.93. The van der Waals surface area contributed by atoms with Crippen LogP contribution in [0.15, 0.2) is 4.42 Å². The first-order valence-electron chi connectivity index (χ1n) is 8.59. The molecule has 24 heavy (non-hydrogen) atoms. The summed E-state index contributed by atoms with van der Waals surface area (Å²) in [5.74, 6) is 0.482. The lowest BCUT2D eigenvalue weighted by molar-refractivity contribution is -0.134. The van der Waals surface area contributed by atoms with Gasteiger partial charge in [-0.1, -0.05) is 5.10 Å². The maximum Gasteiger partial charge on any atom is 0.318 e. The molecule has 1 amide bonds. The van der Waals surface area contributed by atoms with Crippen molar-refractivity contribution in [2.45, 2.75) is 57.3 Å². The molecule has 1 aromatic heterocycles. The van der Waals surface area contributed by atoms with E-state index in [1.54, 1.807) is 23.8 Å². The second kappa shape index (κ2) is 7.46. The van der Waals surface area contributed by atoms with Gasteiger partial charge < -0.3 is 19.0 Å². The summed E-state index contributed by atoms with van der Waals surface area (Å²) < 4.78 is 24.9. The SMILES string of the molecule is Cc1nnc(N2C[C@@H](F)C[C@H]2CN(C)C(=O)CC2CCCCO2)o1. The third kappa shape index (κ3) is 4.03. The number of aryl methyl sites for hydroxylation is 1. The molecule has 0 aliphatic carbocycles. The van der Waals surface area contributed by atoms with Gasteiger partial charge in [-0.2, -0.15) is 0 Å². The minimum Gasteiger partial charge on any atom is -0.408 e. The minimum absolute atomic E-state index is 0.0147. The molecule has 0 spiro atoms. The molecule has 2 saturated heterocycles. The number of alkyl halides is 1. The van der Waals surface area contributed by atoms with Crippen molar-refractivity contribution in [3.8, 4) is 0 Å². The van der Waals surface area contributed by atoms with Crippen molar-refractivity contribution in [2.24, 2.45) is 0 Å². The maximum atomic E-state index is 13.9. The van der Waals surface area contributed by atoms with Crippen molar-refractivity contribution in [3.63, 3.8) is 0 Å². The van der Waals surface area contributed by atoms with Crippen LogP contribution in [0.3, 0.4) is 0 Å². The van der Waals surface area contributed by atoms with E-state index in [9.17, 15) is 9.18 Å². The fourth-order valence-electron chi connectivity index (χ4n) is 3.41. The monoisotopic (exact) mass is 340 g/mol. The average molecular weight is 340 g/mol. The van der Waals surface area contributed by atoms with Crippen molar-refractivity contribution in [3.05, 3.63) is 5.89 Å². The first-order valence-corrected chi connectivity index (χ1v) is 8.59. The van der Waals surface area contributed by atoms with E-state index in [0.29, 0.717) is 31.3 Å². The van der Waals surface area contributed by atoms with Crippen molar-refractivity contribution < 1.29 is 18.3 Å². The lowest BCUT2D eigenvalue weighted by Gasteiger charge is -2.29. The summed E-state index contributed by atoms with van der Waals surface area (Å²) in [6, 6.07) is 0.176. The van der Waals surface area contributed by atoms with Crippen LogP contribution in [-0.4, -0.2) is 66.1 Å². The highest BCUT2D eigenvalue weighted by Crippen LogP contribution is 2.27. The molecule has 0 N–H and O–H groups in total. The molecule has 0 radical (unpaired) electrons. The van der Waals surface area contributed by atoms with Crippen LogP contribution in [0.1, 0.15) is 38.0 Å². The van der Waals surface area contributed by atoms with Crippen LogP contribution in [0.25, 0.3) is 0 Å². The van der Waals surface area contributed by atoms with E-state index in [1.807, 2.05) is 0 Å². The number of carbonyl (C=O) groups excluding carboxylic acids is 1. The van der Waals surface area contributed by atoms with Crippen LogP contribution in [-0.2, 0) is 9.53 Å². The van der Waals surface area contributed by atoms with Gasteiger partial charge in [0.15, 0.2) is 0 Å². The third-order valence-corrected chi connectivity index (χ3v) is 4.71. The number of halogens is 1. The zero-order chi connectivity index (χ0) is 17.1. The molecule has 134 valence electrons. The van der Waals surface area contributed by atoms with Gasteiger partial charge in [-0.05, 0) is 19.3 Å². The first kappa shape index (κ1) is 17.1. The molecule has 3 atom stereocenters. The standard InChI is InChI=1S/C16H25FN4O3/c1-11-18-19-16(24-11)21-9-12(17)7-13(21)10-20(2)15(22)8-14-5-3-4-6-23-14/h12-14H,3-10H2,1-2H3/t12-,13-,14?/m0/s1. The predicted molar refractivity (Wildman–Crippen MR) is 85.5 cm³/mol. The van der Waals surface area contributed by atoms with E-state index < -0.39 is 6.17 Å². The molecule has 7 nitrogen and oxygen atoms in total. The van der Waals surface area contributed by atoms with Crippen LogP contribution >= 0.6 is 0 Å². The minimum atomic E-state index is -0.951. The van der Waals surface area contributed by atoms with E-state index in [-0.39, 0.29) is 24.6 Å². The second-order valence-electron chi connectivity index (χ2n) is 6.71. The summed E-state index contributed by atoms with van der Waals surface area (Å²) in [6.45, 7) is 3.10. The molecule has 2 aliphatic heterocycles. The van der Waals surface area contributed by atoms with E-state index in [2.05, 4.69) is 10.2 Å². The van der Waals surface area contributed by atoms with Gasteiger partial charge in [0.1, 0.15) is 6.17 Å². The van der Waals surface area contributed by atoms with Gasteiger partial charge in [0.25, 0.3) is 0 Å². The number of hydrogen-bond acceptors (Lipinski definition) is 6. The number of hydrogen-bond donors (Lipinski definition) is 0. The fraction of sp³-hybridized carbons (Fsp3) is 0.812. The molecule has 2 fully saturated rings. The van der Waals surface area contributed by atoms with Gasteiger partial charge in [0, 0.05) is 33.5 Å².